The molecule has 2 aromatic rings. The van der Waals surface area contributed by atoms with Crippen molar-refractivity contribution in [1.82, 2.24) is 4.98 Å². The highest BCUT2D eigenvalue weighted by Gasteiger charge is 2.34. The minimum Gasteiger partial charge on any atom is -0.481 e. The van der Waals surface area contributed by atoms with E-state index in [0.717, 1.165) is 12.1 Å². The van der Waals surface area contributed by atoms with Gasteiger partial charge >= 0.3 is 6.18 Å². The number of nitrogens with zero attached hydrogens (tertiary/aromatic N) is 1. The minimum atomic E-state index is -4.63. The molecule has 0 bridgehead atoms. The van der Waals surface area contributed by atoms with Gasteiger partial charge in [-0.15, -0.1) is 0 Å². The minimum absolute atomic E-state index is 0.0687. The molecule has 0 aliphatic carbocycles. The molecule has 1 aromatic carbocycles. The van der Waals surface area contributed by atoms with E-state index in [1.54, 1.807) is 12.1 Å². The monoisotopic (exact) mass is 373 g/mol. The van der Waals surface area contributed by atoms with Gasteiger partial charge in [0.25, 0.3) is 0 Å². The Bertz CT molecular complexity index is 751. The summed E-state index contributed by atoms with van der Waals surface area (Å²) in [5.74, 6) is -0.234. The van der Waals surface area contributed by atoms with Crippen LogP contribution in [0.25, 0.3) is 0 Å². The van der Waals surface area contributed by atoms with E-state index in [1.807, 2.05) is 0 Å². The molecule has 0 fully saturated rings. The molecule has 1 aromatic heterocycles. The van der Waals surface area contributed by atoms with Crippen molar-refractivity contribution in [2.24, 2.45) is 0 Å². The van der Waals surface area contributed by atoms with Gasteiger partial charge in [-0.2, -0.15) is 13.2 Å². The number of rotatable bonds is 5. The number of carbonyl (C=O) groups excluding carboxylic acids is 1. The number of hydrogen-bond donors (Lipinski definition) is 2. The van der Waals surface area contributed by atoms with Crippen molar-refractivity contribution in [2.45, 2.75) is 19.1 Å². The Morgan fingerprint density at radius 3 is 2.56 bits per heavy atom. The van der Waals surface area contributed by atoms with Crippen LogP contribution < -0.4 is 15.4 Å². The molecule has 9 heteroatoms. The van der Waals surface area contributed by atoms with Crippen molar-refractivity contribution < 1.29 is 22.7 Å². The van der Waals surface area contributed by atoms with E-state index in [-0.39, 0.29) is 10.7 Å². The molecule has 2 N–H and O–H groups in total. The fourth-order valence-corrected chi connectivity index (χ4v) is 2.18. The van der Waals surface area contributed by atoms with Crippen LogP contribution >= 0.6 is 11.6 Å². The summed E-state index contributed by atoms with van der Waals surface area (Å²) in [6, 6.07) is 5.59. The summed E-state index contributed by atoms with van der Waals surface area (Å²) in [5, 5.41) is 5.04. The van der Waals surface area contributed by atoms with Crippen LogP contribution in [0.1, 0.15) is 12.5 Å². The smallest absolute Gasteiger partial charge is 0.418 e. The van der Waals surface area contributed by atoms with Crippen molar-refractivity contribution >= 4 is 28.9 Å². The van der Waals surface area contributed by atoms with Gasteiger partial charge in [0.15, 0.2) is 0 Å². The number of methoxy groups -OCH3 is 1. The molecule has 0 aliphatic heterocycles. The Balaban J connectivity index is 2.10. The van der Waals surface area contributed by atoms with Gasteiger partial charge in [0.05, 0.1) is 30.2 Å². The SMILES string of the molecule is COc1ccc(NC(C)C(=O)Nc2ccc(Cl)cc2C(F)(F)F)cn1. The maximum absolute atomic E-state index is 13.1. The molecule has 0 spiro atoms. The predicted octanol–water partition coefficient (Wildman–Crippen LogP) is 4.20. The number of aromatic nitrogens is 1. The first-order chi connectivity index (χ1) is 11.7. The Morgan fingerprint density at radius 2 is 2.00 bits per heavy atom. The van der Waals surface area contributed by atoms with E-state index in [2.05, 4.69) is 15.6 Å². The first-order valence-corrected chi connectivity index (χ1v) is 7.52. The highest BCUT2D eigenvalue weighted by molar-refractivity contribution is 6.30. The van der Waals surface area contributed by atoms with Crippen molar-refractivity contribution in [3.8, 4) is 5.88 Å². The number of carbonyl (C=O) groups is 1. The topological polar surface area (TPSA) is 63.2 Å². The zero-order valence-corrected chi connectivity index (χ0v) is 14.1. The van der Waals surface area contributed by atoms with E-state index < -0.39 is 23.7 Å². The normalized spacial score (nSPS) is 12.4. The number of ether oxygens (including phenoxy) is 1. The lowest BCUT2D eigenvalue weighted by molar-refractivity contribution is -0.137. The summed E-state index contributed by atoms with van der Waals surface area (Å²) in [7, 11) is 1.47. The second-order valence-electron chi connectivity index (χ2n) is 5.13. The average molecular weight is 374 g/mol. The molecule has 0 radical (unpaired) electrons. The van der Waals surface area contributed by atoms with Crippen molar-refractivity contribution in [2.75, 3.05) is 17.7 Å². The third-order valence-electron chi connectivity index (χ3n) is 3.27. The Labute approximate surface area is 147 Å². The summed E-state index contributed by atoms with van der Waals surface area (Å²) in [6.07, 6.45) is -3.18. The number of nitrogens with one attached hydrogen (secondary N) is 2. The molecular formula is C16H15ClF3N3O2. The fraction of sp³-hybridized carbons (Fsp3) is 0.250. The molecule has 2 rings (SSSR count). The molecule has 0 saturated carbocycles. The average Bonchev–Trinajstić information content (AvgIpc) is 2.56. The number of hydrogen-bond acceptors (Lipinski definition) is 4. The molecule has 0 saturated heterocycles. The first kappa shape index (κ1) is 18.9. The van der Waals surface area contributed by atoms with Crippen LogP contribution in [0.4, 0.5) is 24.5 Å². The van der Waals surface area contributed by atoms with Crippen LogP contribution in [-0.2, 0) is 11.0 Å². The fourth-order valence-electron chi connectivity index (χ4n) is 2.00. The third-order valence-corrected chi connectivity index (χ3v) is 3.50. The van der Waals surface area contributed by atoms with Crippen LogP contribution in [0.3, 0.4) is 0 Å². The van der Waals surface area contributed by atoms with Crippen molar-refractivity contribution in [3.05, 3.63) is 47.1 Å². The van der Waals surface area contributed by atoms with Crippen LogP contribution in [0, 0.1) is 0 Å². The Kier molecular flexibility index (Phi) is 5.73. The molecule has 134 valence electrons. The van der Waals surface area contributed by atoms with Gasteiger partial charge in [-0.25, -0.2) is 4.98 Å². The van der Waals surface area contributed by atoms with Crippen LogP contribution in [0.15, 0.2) is 36.5 Å². The summed E-state index contributed by atoms with van der Waals surface area (Å²) in [5.41, 5.74) is -0.842. The van der Waals surface area contributed by atoms with E-state index in [9.17, 15) is 18.0 Å². The molecule has 1 amide bonds. The van der Waals surface area contributed by atoms with Crippen LogP contribution in [0.5, 0.6) is 5.88 Å². The number of halogens is 4. The van der Waals surface area contributed by atoms with E-state index >= 15 is 0 Å². The number of anilines is 2. The number of pyridine rings is 1. The zero-order valence-electron chi connectivity index (χ0n) is 13.3. The zero-order chi connectivity index (χ0) is 18.6. The first-order valence-electron chi connectivity index (χ1n) is 7.15. The maximum Gasteiger partial charge on any atom is 0.418 e. The van der Waals surface area contributed by atoms with E-state index in [0.29, 0.717) is 11.6 Å². The second kappa shape index (κ2) is 7.60. The van der Waals surface area contributed by atoms with Crippen LogP contribution in [0.2, 0.25) is 5.02 Å². The molecule has 25 heavy (non-hydrogen) atoms. The van der Waals surface area contributed by atoms with Gasteiger partial charge in [-0.3, -0.25) is 4.79 Å². The van der Waals surface area contributed by atoms with Gasteiger partial charge in [0, 0.05) is 11.1 Å². The van der Waals surface area contributed by atoms with Crippen molar-refractivity contribution in [1.29, 1.82) is 0 Å². The van der Waals surface area contributed by atoms with Gasteiger partial charge in [-0.05, 0) is 31.2 Å². The number of alkyl halides is 3. The molecule has 5 nitrogen and oxygen atoms in total. The lowest BCUT2D eigenvalue weighted by atomic mass is 10.1. The van der Waals surface area contributed by atoms with Gasteiger partial charge in [0.1, 0.15) is 6.04 Å². The molecular weight excluding hydrogens is 359 g/mol. The van der Waals surface area contributed by atoms with Crippen molar-refractivity contribution in [3.63, 3.8) is 0 Å². The number of benzene rings is 1. The van der Waals surface area contributed by atoms with Gasteiger partial charge < -0.3 is 15.4 Å². The lowest BCUT2D eigenvalue weighted by Crippen LogP contribution is -2.32. The highest BCUT2D eigenvalue weighted by Crippen LogP contribution is 2.36. The quantitative estimate of drug-likeness (QED) is 0.824. The molecule has 1 heterocycles. The highest BCUT2D eigenvalue weighted by atomic mass is 35.5. The summed E-state index contributed by atoms with van der Waals surface area (Å²) in [4.78, 5) is 16.2. The number of amides is 1. The largest absolute Gasteiger partial charge is 0.481 e. The second-order valence-corrected chi connectivity index (χ2v) is 5.57. The lowest BCUT2D eigenvalue weighted by Gasteiger charge is -2.18. The summed E-state index contributed by atoms with van der Waals surface area (Å²) >= 11 is 5.61. The van der Waals surface area contributed by atoms with Gasteiger partial charge in [0.2, 0.25) is 11.8 Å². The van der Waals surface area contributed by atoms with Gasteiger partial charge in [-0.1, -0.05) is 11.6 Å². The summed E-state index contributed by atoms with van der Waals surface area (Å²) < 4.78 is 44.1. The van der Waals surface area contributed by atoms with Crippen LogP contribution in [-0.4, -0.2) is 24.0 Å². The molecule has 1 unspecified atom stereocenters. The third kappa shape index (κ3) is 4.99. The van der Waals surface area contributed by atoms with E-state index in [1.165, 1.54) is 26.3 Å². The summed E-state index contributed by atoms with van der Waals surface area (Å²) in [6.45, 7) is 1.52. The Hall–Kier alpha value is -2.48. The maximum atomic E-state index is 13.1. The van der Waals surface area contributed by atoms with E-state index in [4.69, 9.17) is 16.3 Å². The standard InChI is InChI=1S/C16H15ClF3N3O2/c1-9(22-11-4-6-14(25-2)21-8-11)15(24)23-13-5-3-10(17)7-12(13)16(18,19)20/h3-9,22H,1-2H3,(H,23,24). The molecule has 1 atom stereocenters. The predicted molar refractivity (Wildman–Crippen MR) is 89.0 cm³/mol. The Morgan fingerprint density at radius 1 is 1.28 bits per heavy atom. The molecule has 0 aliphatic rings.